The van der Waals surface area contributed by atoms with Crippen LogP contribution in [0.3, 0.4) is 0 Å². The van der Waals surface area contributed by atoms with Crippen LogP contribution in [0.5, 0.6) is 0 Å². The van der Waals surface area contributed by atoms with Crippen molar-refractivity contribution in [3.8, 4) is 22.3 Å². The first-order chi connectivity index (χ1) is 14.8. The standard InChI is InChI=1S/C29H25Cl/c30-23-13-11-21(12-14-23)25-15-16-26(28-18-19-9-10-22(28)17-19)27-8-4-7-24(29(25)27)20-5-2-1-3-6-20/h1-8,11-16,19,22,28H,9-10,17-18H2. The minimum absolute atomic E-state index is 0.719. The fourth-order valence-electron chi connectivity index (χ4n) is 6.11. The summed E-state index contributed by atoms with van der Waals surface area (Å²) in [5, 5.41) is 3.59. The summed E-state index contributed by atoms with van der Waals surface area (Å²) >= 11 is 6.19. The minimum atomic E-state index is 0.719. The van der Waals surface area contributed by atoms with Crippen LogP contribution in [0, 0.1) is 11.8 Å². The Bertz CT molecular complexity index is 1210. The fraction of sp³-hybridized carbons (Fsp3) is 0.241. The van der Waals surface area contributed by atoms with Crippen LogP contribution in [0.1, 0.15) is 37.2 Å². The monoisotopic (exact) mass is 408 g/mol. The van der Waals surface area contributed by atoms with Gasteiger partial charge in [0.25, 0.3) is 0 Å². The van der Waals surface area contributed by atoms with Gasteiger partial charge < -0.3 is 0 Å². The Labute approximate surface area is 183 Å². The summed E-state index contributed by atoms with van der Waals surface area (Å²) in [6.07, 6.45) is 5.66. The molecule has 2 aliphatic rings. The topological polar surface area (TPSA) is 0 Å². The van der Waals surface area contributed by atoms with E-state index in [-0.39, 0.29) is 0 Å². The van der Waals surface area contributed by atoms with E-state index < -0.39 is 0 Å². The SMILES string of the molecule is Clc1ccc(-c2ccc(C3CC4CCC3C4)c3cccc(-c4ccccc4)c23)cc1. The second-order valence-corrected chi connectivity index (χ2v) is 9.52. The molecule has 3 unspecified atom stereocenters. The highest BCUT2D eigenvalue weighted by molar-refractivity contribution is 6.30. The maximum atomic E-state index is 6.19. The molecule has 4 aromatic rings. The molecule has 0 N–H and O–H groups in total. The van der Waals surface area contributed by atoms with E-state index >= 15 is 0 Å². The van der Waals surface area contributed by atoms with E-state index in [1.54, 1.807) is 5.56 Å². The summed E-state index contributed by atoms with van der Waals surface area (Å²) in [4.78, 5) is 0. The van der Waals surface area contributed by atoms with Crippen LogP contribution in [-0.2, 0) is 0 Å². The van der Waals surface area contributed by atoms with Crippen molar-refractivity contribution in [2.75, 3.05) is 0 Å². The van der Waals surface area contributed by atoms with E-state index in [4.69, 9.17) is 11.6 Å². The molecule has 2 fully saturated rings. The third-order valence-corrected chi connectivity index (χ3v) is 7.70. The maximum Gasteiger partial charge on any atom is 0.0406 e. The van der Waals surface area contributed by atoms with E-state index in [1.165, 1.54) is 58.7 Å². The van der Waals surface area contributed by atoms with Crippen molar-refractivity contribution in [3.05, 3.63) is 95.5 Å². The molecule has 0 amide bonds. The van der Waals surface area contributed by atoms with Gasteiger partial charge in [0.15, 0.2) is 0 Å². The molecule has 30 heavy (non-hydrogen) atoms. The van der Waals surface area contributed by atoms with Crippen molar-refractivity contribution in [2.45, 2.75) is 31.6 Å². The van der Waals surface area contributed by atoms with Gasteiger partial charge in [0, 0.05) is 5.02 Å². The van der Waals surface area contributed by atoms with E-state index in [0.717, 1.165) is 22.8 Å². The smallest absolute Gasteiger partial charge is 0.0406 e. The minimum Gasteiger partial charge on any atom is -0.0843 e. The highest BCUT2D eigenvalue weighted by atomic mass is 35.5. The molecular formula is C29H25Cl. The van der Waals surface area contributed by atoms with Gasteiger partial charge >= 0.3 is 0 Å². The Kier molecular flexibility index (Phi) is 4.43. The molecule has 0 spiro atoms. The summed E-state index contributed by atoms with van der Waals surface area (Å²) < 4.78 is 0. The molecule has 0 radical (unpaired) electrons. The van der Waals surface area contributed by atoms with Gasteiger partial charge in [-0.2, -0.15) is 0 Å². The zero-order valence-electron chi connectivity index (χ0n) is 17.0. The predicted octanol–water partition coefficient (Wildman–Crippen LogP) is 8.73. The Balaban J connectivity index is 1.62. The Morgan fingerprint density at radius 3 is 2.13 bits per heavy atom. The molecule has 2 aliphatic carbocycles. The van der Waals surface area contributed by atoms with Crippen molar-refractivity contribution < 1.29 is 0 Å². The van der Waals surface area contributed by atoms with Crippen molar-refractivity contribution in [1.82, 2.24) is 0 Å². The molecule has 3 atom stereocenters. The van der Waals surface area contributed by atoms with E-state index in [0.29, 0.717) is 0 Å². The van der Waals surface area contributed by atoms with Crippen LogP contribution in [0.4, 0.5) is 0 Å². The average Bonchev–Trinajstić information content (AvgIpc) is 3.43. The molecule has 6 rings (SSSR count). The van der Waals surface area contributed by atoms with Gasteiger partial charge in [0.2, 0.25) is 0 Å². The lowest BCUT2D eigenvalue weighted by molar-refractivity contribution is 0.422. The summed E-state index contributed by atoms with van der Waals surface area (Å²) in [5.74, 6) is 2.54. The number of benzene rings is 4. The lowest BCUT2D eigenvalue weighted by atomic mass is 9.79. The number of rotatable bonds is 3. The van der Waals surface area contributed by atoms with Crippen molar-refractivity contribution >= 4 is 22.4 Å². The molecule has 0 aliphatic heterocycles. The number of halogens is 1. The third-order valence-electron chi connectivity index (χ3n) is 7.45. The van der Waals surface area contributed by atoms with Crippen LogP contribution < -0.4 is 0 Å². The van der Waals surface area contributed by atoms with E-state index in [1.807, 2.05) is 12.1 Å². The first-order valence-electron chi connectivity index (χ1n) is 11.1. The fourth-order valence-corrected chi connectivity index (χ4v) is 6.23. The second kappa shape index (κ2) is 7.29. The molecule has 2 saturated carbocycles. The van der Waals surface area contributed by atoms with Crippen molar-refractivity contribution in [1.29, 1.82) is 0 Å². The molecular weight excluding hydrogens is 384 g/mol. The molecule has 0 aromatic heterocycles. The van der Waals surface area contributed by atoms with Crippen LogP contribution in [0.25, 0.3) is 33.0 Å². The molecule has 148 valence electrons. The molecule has 2 bridgehead atoms. The predicted molar refractivity (Wildman–Crippen MR) is 128 cm³/mol. The van der Waals surface area contributed by atoms with Crippen LogP contribution in [0.2, 0.25) is 5.02 Å². The van der Waals surface area contributed by atoms with Crippen LogP contribution in [0.15, 0.2) is 84.9 Å². The molecule has 0 saturated heterocycles. The van der Waals surface area contributed by atoms with Gasteiger partial charge in [-0.1, -0.05) is 90.8 Å². The largest absolute Gasteiger partial charge is 0.0843 e. The summed E-state index contributed by atoms with van der Waals surface area (Å²) in [6.45, 7) is 0. The normalized spacial score (nSPS) is 22.6. The van der Waals surface area contributed by atoms with Crippen molar-refractivity contribution in [3.63, 3.8) is 0 Å². The summed E-state index contributed by atoms with van der Waals surface area (Å²) in [7, 11) is 0. The Morgan fingerprint density at radius 1 is 0.633 bits per heavy atom. The number of hydrogen-bond donors (Lipinski definition) is 0. The second-order valence-electron chi connectivity index (χ2n) is 9.08. The Hall–Kier alpha value is -2.57. The van der Waals surface area contributed by atoms with Gasteiger partial charge in [0.1, 0.15) is 0 Å². The lowest BCUT2D eigenvalue weighted by Gasteiger charge is -2.25. The molecule has 0 heterocycles. The van der Waals surface area contributed by atoms with Gasteiger partial charge in [-0.3, -0.25) is 0 Å². The van der Waals surface area contributed by atoms with Gasteiger partial charge in [-0.15, -0.1) is 0 Å². The first-order valence-corrected chi connectivity index (χ1v) is 11.5. The van der Waals surface area contributed by atoms with E-state index in [2.05, 4.69) is 72.8 Å². The van der Waals surface area contributed by atoms with Crippen LogP contribution >= 0.6 is 11.6 Å². The number of hydrogen-bond acceptors (Lipinski definition) is 0. The highest BCUT2D eigenvalue weighted by Crippen LogP contribution is 2.54. The first kappa shape index (κ1) is 18.2. The summed E-state index contributed by atoms with van der Waals surface area (Å²) in [6, 6.07) is 30.8. The zero-order valence-corrected chi connectivity index (χ0v) is 17.8. The Morgan fingerprint density at radius 2 is 1.40 bits per heavy atom. The summed E-state index contributed by atoms with van der Waals surface area (Å²) in [5.41, 5.74) is 6.69. The quantitative estimate of drug-likeness (QED) is 0.318. The van der Waals surface area contributed by atoms with Gasteiger partial charge in [-0.25, -0.2) is 0 Å². The van der Waals surface area contributed by atoms with Crippen molar-refractivity contribution in [2.24, 2.45) is 11.8 Å². The third kappa shape index (κ3) is 2.97. The molecule has 4 aromatic carbocycles. The highest BCUT2D eigenvalue weighted by Gasteiger charge is 2.40. The lowest BCUT2D eigenvalue weighted by Crippen LogP contribution is -2.09. The van der Waals surface area contributed by atoms with E-state index in [9.17, 15) is 0 Å². The van der Waals surface area contributed by atoms with Gasteiger partial charge in [0.05, 0.1) is 0 Å². The average molecular weight is 409 g/mol. The molecule has 1 heteroatoms. The van der Waals surface area contributed by atoms with Crippen LogP contribution in [-0.4, -0.2) is 0 Å². The number of fused-ring (bicyclic) bond motifs is 3. The maximum absolute atomic E-state index is 6.19. The molecule has 0 nitrogen and oxygen atoms in total. The zero-order chi connectivity index (χ0) is 20.1. The van der Waals surface area contributed by atoms with Gasteiger partial charge in [-0.05, 0) is 87.7 Å².